The van der Waals surface area contributed by atoms with Crippen LogP contribution in [0.15, 0.2) is 48.5 Å². The van der Waals surface area contributed by atoms with Gasteiger partial charge in [0.15, 0.2) is 0 Å². The van der Waals surface area contributed by atoms with E-state index < -0.39 is 12.0 Å². The molecule has 0 N–H and O–H groups in total. The number of hydrogen-bond acceptors (Lipinski definition) is 5. The van der Waals surface area contributed by atoms with Crippen LogP contribution in [0.4, 0.5) is 5.69 Å². The van der Waals surface area contributed by atoms with Gasteiger partial charge >= 0.3 is 0 Å². The molecule has 2 aromatic rings. The van der Waals surface area contributed by atoms with Crippen molar-refractivity contribution in [1.82, 2.24) is 10.0 Å². The summed E-state index contributed by atoms with van der Waals surface area (Å²) in [6.07, 6.45) is 0.983. The molecular formula is C21H20ClN3O3. The molecule has 28 heavy (non-hydrogen) atoms. The van der Waals surface area contributed by atoms with E-state index in [2.05, 4.69) is 10.0 Å². The molecule has 0 aliphatic carbocycles. The minimum atomic E-state index is -0.447. The first-order valence-corrected chi connectivity index (χ1v) is 9.78. The van der Waals surface area contributed by atoms with Crippen molar-refractivity contribution in [2.75, 3.05) is 25.1 Å². The van der Waals surface area contributed by atoms with Gasteiger partial charge in [0.2, 0.25) is 5.91 Å². The predicted molar refractivity (Wildman–Crippen MR) is 105 cm³/mol. The topological polar surface area (TPSA) is 53.1 Å². The molecule has 2 aromatic carbocycles. The summed E-state index contributed by atoms with van der Waals surface area (Å²) in [5.74, 6) is -0.0260. The molecular weight excluding hydrogens is 378 g/mol. The Morgan fingerprint density at radius 1 is 0.893 bits per heavy atom. The SMILES string of the molecule is COc1ccc(N2C(=O)[C@@H]3[C@H](C2=O)N2CCCN2[C@H]3c2ccc(Cl)cc2)cc1. The quantitative estimate of drug-likeness (QED) is 0.745. The van der Waals surface area contributed by atoms with Gasteiger partial charge in [-0.1, -0.05) is 23.7 Å². The maximum atomic E-state index is 13.4. The minimum absolute atomic E-state index is 0.144. The summed E-state index contributed by atoms with van der Waals surface area (Å²) < 4.78 is 5.19. The van der Waals surface area contributed by atoms with Crippen LogP contribution in [0.25, 0.3) is 0 Å². The number of imide groups is 1. The standard InChI is InChI=1S/C21H20ClN3O3/c1-28-16-9-7-15(8-10-16)25-20(26)17-18(13-3-5-14(22)6-4-13)23-11-2-12-24(23)19(17)21(25)27/h3-10,17-19H,2,11-12H2,1H3/t17-,18-,19+/m0/s1. The first-order chi connectivity index (χ1) is 13.6. The normalized spacial score (nSPS) is 27.4. The Labute approximate surface area is 168 Å². The fraction of sp³-hybridized carbons (Fsp3) is 0.333. The number of anilines is 1. The molecule has 0 saturated carbocycles. The van der Waals surface area contributed by atoms with Crippen molar-refractivity contribution < 1.29 is 14.3 Å². The average molecular weight is 398 g/mol. The van der Waals surface area contributed by atoms with E-state index in [0.29, 0.717) is 16.5 Å². The number of nitrogens with zero attached hydrogens (tertiary/aromatic N) is 3. The van der Waals surface area contributed by atoms with Gasteiger partial charge < -0.3 is 4.74 Å². The van der Waals surface area contributed by atoms with Crippen molar-refractivity contribution in [3.05, 3.63) is 59.1 Å². The van der Waals surface area contributed by atoms with Gasteiger partial charge in [-0.15, -0.1) is 0 Å². The molecule has 0 unspecified atom stereocenters. The van der Waals surface area contributed by atoms with Gasteiger partial charge in [0.1, 0.15) is 11.8 Å². The fourth-order valence-electron chi connectivity index (χ4n) is 4.76. The number of hydrazine groups is 1. The molecule has 5 rings (SSSR count). The maximum Gasteiger partial charge on any atom is 0.253 e. The van der Waals surface area contributed by atoms with Crippen molar-refractivity contribution in [3.63, 3.8) is 0 Å². The maximum absolute atomic E-state index is 13.4. The second-order valence-corrected chi connectivity index (χ2v) is 7.79. The zero-order valence-corrected chi connectivity index (χ0v) is 16.2. The first kappa shape index (κ1) is 17.7. The largest absolute Gasteiger partial charge is 0.497 e. The highest BCUT2D eigenvalue weighted by Gasteiger charge is 2.62. The molecule has 3 aliphatic rings. The third-order valence-electron chi connectivity index (χ3n) is 5.95. The van der Waals surface area contributed by atoms with Crippen molar-refractivity contribution in [1.29, 1.82) is 0 Å². The van der Waals surface area contributed by atoms with Crippen LogP contribution in [0.1, 0.15) is 18.0 Å². The summed E-state index contributed by atoms with van der Waals surface area (Å²) in [5, 5.41) is 4.94. The number of rotatable bonds is 3. The van der Waals surface area contributed by atoms with Gasteiger partial charge in [-0.2, -0.15) is 0 Å². The zero-order chi connectivity index (χ0) is 19.4. The van der Waals surface area contributed by atoms with E-state index in [1.807, 2.05) is 24.3 Å². The highest BCUT2D eigenvalue weighted by atomic mass is 35.5. The summed E-state index contributed by atoms with van der Waals surface area (Å²) in [7, 11) is 1.59. The molecule has 6 nitrogen and oxygen atoms in total. The van der Waals surface area contributed by atoms with Crippen LogP contribution in [0.5, 0.6) is 5.75 Å². The molecule has 3 aliphatic heterocycles. The average Bonchev–Trinajstić information content (AvgIpc) is 3.35. The van der Waals surface area contributed by atoms with E-state index >= 15 is 0 Å². The Morgan fingerprint density at radius 3 is 2.18 bits per heavy atom. The Hall–Kier alpha value is -2.41. The monoisotopic (exact) mass is 397 g/mol. The highest BCUT2D eigenvalue weighted by molar-refractivity contribution is 6.30. The van der Waals surface area contributed by atoms with Crippen molar-refractivity contribution in [2.24, 2.45) is 5.92 Å². The van der Waals surface area contributed by atoms with Gasteiger partial charge in [-0.25, -0.2) is 14.9 Å². The molecule has 0 radical (unpaired) electrons. The lowest BCUT2D eigenvalue weighted by atomic mass is 9.90. The lowest BCUT2D eigenvalue weighted by molar-refractivity contribution is -0.126. The van der Waals surface area contributed by atoms with Gasteiger partial charge in [-0.05, 0) is 48.4 Å². The van der Waals surface area contributed by atoms with Crippen LogP contribution in [0, 0.1) is 5.92 Å². The van der Waals surface area contributed by atoms with Crippen molar-refractivity contribution in [2.45, 2.75) is 18.5 Å². The summed E-state index contributed by atoms with van der Waals surface area (Å²) in [6.45, 7) is 1.64. The molecule has 0 aromatic heterocycles. The fourth-order valence-corrected chi connectivity index (χ4v) is 4.89. The molecule has 3 saturated heterocycles. The summed E-state index contributed by atoms with van der Waals surface area (Å²) in [4.78, 5) is 28.1. The molecule has 2 amide bonds. The number of hydrogen-bond donors (Lipinski definition) is 0. The molecule has 3 atom stereocenters. The molecule has 0 spiro atoms. The van der Waals surface area contributed by atoms with Gasteiger partial charge in [-0.3, -0.25) is 9.59 Å². The van der Waals surface area contributed by atoms with E-state index in [9.17, 15) is 9.59 Å². The second-order valence-electron chi connectivity index (χ2n) is 7.36. The number of benzene rings is 2. The highest BCUT2D eigenvalue weighted by Crippen LogP contribution is 2.49. The van der Waals surface area contributed by atoms with Gasteiger partial charge in [0.05, 0.1) is 24.8 Å². The smallest absolute Gasteiger partial charge is 0.253 e. The Kier molecular flexibility index (Phi) is 4.16. The van der Waals surface area contributed by atoms with E-state index in [-0.39, 0.29) is 17.9 Å². The molecule has 3 fully saturated rings. The zero-order valence-electron chi connectivity index (χ0n) is 15.4. The van der Waals surface area contributed by atoms with Crippen LogP contribution >= 0.6 is 11.6 Å². The Bertz CT molecular complexity index is 931. The Balaban J connectivity index is 1.55. The number of methoxy groups -OCH3 is 1. The molecule has 7 heteroatoms. The van der Waals surface area contributed by atoms with E-state index in [4.69, 9.17) is 16.3 Å². The van der Waals surface area contributed by atoms with E-state index in [1.165, 1.54) is 4.90 Å². The Morgan fingerprint density at radius 2 is 1.54 bits per heavy atom. The van der Waals surface area contributed by atoms with Crippen LogP contribution in [-0.4, -0.2) is 48.1 Å². The molecule has 3 heterocycles. The molecule has 144 valence electrons. The van der Waals surface area contributed by atoms with Crippen LogP contribution < -0.4 is 9.64 Å². The summed E-state index contributed by atoms with van der Waals surface area (Å²) in [6, 6.07) is 14.1. The van der Waals surface area contributed by atoms with Gasteiger partial charge in [0, 0.05) is 18.1 Å². The van der Waals surface area contributed by atoms with Crippen molar-refractivity contribution >= 4 is 29.1 Å². The number of ether oxygens (including phenoxy) is 1. The second kappa shape index (κ2) is 6.58. The number of fused-ring (bicyclic) bond motifs is 3. The van der Waals surface area contributed by atoms with Crippen LogP contribution in [0.2, 0.25) is 5.02 Å². The third-order valence-corrected chi connectivity index (χ3v) is 6.20. The third kappa shape index (κ3) is 2.49. The number of halogens is 1. The number of carbonyl (C=O) groups is 2. The van der Waals surface area contributed by atoms with Crippen molar-refractivity contribution in [3.8, 4) is 5.75 Å². The lowest BCUT2D eigenvalue weighted by Crippen LogP contribution is -2.44. The number of amides is 2. The summed E-state index contributed by atoms with van der Waals surface area (Å²) in [5.41, 5.74) is 1.60. The van der Waals surface area contributed by atoms with Crippen LogP contribution in [-0.2, 0) is 9.59 Å². The minimum Gasteiger partial charge on any atom is -0.497 e. The van der Waals surface area contributed by atoms with Gasteiger partial charge in [0.25, 0.3) is 5.91 Å². The predicted octanol–water partition coefficient (Wildman–Crippen LogP) is 2.88. The summed E-state index contributed by atoms with van der Waals surface area (Å²) >= 11 is 6.06. The van der Waals surface area contributed by atoms with E-state index in [0.717, 1.165) is 25.1 Å². The number of carbonyl (C=O) groups excluding carboxylic acids is 2. The lowest BCUT2D eigenvalue weighted by Gasteiger charge is -2.29. The van der Waals surface area contributed by atoms with E-state index in [1.54, 1.807) is 31.4 Å². The van der Waals surface area contributed by atoms with Crippen LogP contribution in [0.3, 0.4) is 0 Å². The first-order valence-electron chi connectivity index (χ1n) is 9.40. The molecule has 0 bridgehead atoms.